The maximum absolute atomic E-state index is 8.76. The quantitative estimate of drug-likeness (QED) is 0.697. The Balaban J connectivity index is 2.69. The lowest BCUT2D eigenvalue weighted by Gasteiger charge is -2.09. The highest BCUT2D eigenvalue weighted by atomic mass is 16.3. The number of benzene rings is 1. The Morgan fingerprint density at radius 2 is 2.08 bits per heavy atom. The van der Waals surface area contributed by atoms with Gasteiger partial charge in [0, 0.05) is 6.04 Å². The molecule has 0 bridgehead atoms. The molecule has 0 spiro atoms. The van der Waals surface area contributed by atoms with Crippen molar-refractivity contribution < 1.29 is 5.11 Å². The molecule has 12 heavy (non-hydrogen) atoms. The van der Waals surface area contributed by atoms with Crippen molar-refractivity contribution in [1.82, 2.24) is 0 Å². The monoisotopic (exact) mass is 165 g/mol. The Labute approximate surface area is 73.0 Å². The van der Waals surface area contributed by atoms with Gasteiger partial charge in [0.15, 0.2) is 0 Å². The third kappa shape index (κ3) is 2.32. The van der Waals surface area contributed by atoms with Gasteiger partial charge in [0.2, 0.25) is 0 Å². The van der Waals surface area contributed by atoms with Gasteiger partial charge in [-0.2, -0.15) is 0 Å². The highest BCUT2D eigenvalue weighted by Gasteiger charge is 2.03. The van der Waals surface area contributed by atoms with E-state index in [1.54, 1.807) is 0 Å². The van der Waals surface area contributed by atoms with E-state index in [1.165, 1.54) is 11.1 Å². The zero-order chi connectivity index (χ0) is 8.97. The molecule has 2 nitrogen and oxygen atoms in total. The van der Waals surface area contributed by atoms with E-state index in [2.05, 4.69) is 13.0 Å². The molecule has 0 amide bonds. The molecule has 1 rings (SSSR count). The van der Waals surface area contributed by atoms with E-state index in [9.17, 15) is 0 Å². The summed E-state index contributed by atoms with van der Waals surface area (Å²) in [7, 11) is 0. The molecule has 0 radical (unpaired) electrons. The van der Waals surface area contributed by atoms with Crippen molar-refractivity contribution >= 4 is 0 Å². The second kappa shape index (κ2) is 4.24. The molecule has 1 atom stereocenters. The highest BCUT2D eigenvalue weighted by Crippen LogP contribution is 2.08. The predicted molar refractivity (Wildman–Crippen MR) is 49.9 cm³/mol. The van der Waals surface area contributed by atoms with Crippen LogP contribution in [0.4, 0.5) is 0 Å². The molecular weight excluding hydrogens is 150 g/mol. The summed E-state index contributed by atoms with van der Waals surface area (Å²) in [6.45, 7) is 2.10. The number of aryl methyl sites for hydroxylation is 1. The lowest BCUT2D eigenvalue weighted by atomic mass is 10.0. The summed E-state index contributed by atoms with van der Waals surface area (Å²) in [4.78, 5) is 0. The van der Waals surface area contributed by atoms with Gasteiger partial charge in [-0.3, -0.25) is 0 Å². The normalized spacial score (nSPS) is 12.9. The second-order valence-electron chi connectivity index (χ2n) is 3.07. The van der Waals surface area contributed by atoms with Gasteiger partial charge < -0.3 is 10.8 Å². The number of aliphatic hydroxyl groups excluding tert-OH is 1. The fourth-order valence-corrected chi connectivity index (χ4v) is 1.19. The van der Waals surface area contributed by atoms with Crippen LogP contribution in [0.3, 0.4) is 0 Å². The first-order chi connectivity index (χ1) is 5.74. The van der Waals surface area contributed by atoms with Crippen LogP contribution >= 0.6 is 0 Å². The van der Waals surface area contributed by atoms with Gasteiger partial charge in [-0.25, -0.2) is 0 Å². The van der Waals surface area contributed by atoms with Gasteiger partial charge in [-0.05, 0) is 24.5 Å². The van der Waals surface area contributed by atoms with Crippen LogP contribution in [0.1, 0.15) is 11.1 Å². The van der Waals surface area contributed by atoms with Crippen LogP contribution in [0.25, 0.3) is 0 Å². The third-order valence-electron chi connectivity index (χ3n) is 1.98. The Morgan fingerprint density at radius 3 is 2.67 bits per heavy atom. The van der Waals surface area contributed by atoms with E-state index in [-0.39, 0.29) is 12.6 Å². The molecule has 0 aliphatic rings. The van der Waals surface area contributed by atoms with Gasteiger partial charge in [-0.1, -0.05) is 24.3 Å². The van der Waals surface area contributed by atoms with Crippen LogP contribution in [0, 0.1) is 6.92 Å². The van der Waals surface area contributed by atoms with E-state index in [0.717, 1.165) is 6.42 Å². The summed E-state index contributed by atoms with van der Waals surface area (Å²) in [5, 5.41) is 8.76. The highest BCUT2D eigenvalue weighted by molar-refractivity contribution is 5.26. The summed E-state index contributed by atoms with van der Waals surface area (Å²) in [5.41, 5.74) is 8.08. The Bertz CT molecular complexity index is 247. The Morgan fingerprint density at radius 1 is 1.42 bits per heavy atom. The second-order valence-corrected chi connectivity index (χ2v) is 3.07. The zero-order valence-electron chi connectivity index (χ0n) is 7.33. The number of aliphatic hydroxyl groups is 1. The van der Waals surface area contributed by atoms with Crippen LogP contribution in [-0.4, -0.2) is 17.8 Å². The van der Waals surface area contributed by atoms with Crippen molar-refractivity contribution in [2.24, 2.45) is 5.73 Å². The summed E-state index contributed by atoms with van der Waals surface area (Å²) in [5.74, 6) is 0. The van der Waals surface area contributed by atoms with E-state index < -0.39 is 0 Å². The lowest BCUT2D eigenvalue weighted by Crippen LogP contribution is -2.27. The van der Waals surface area contributed by atoms with Crippen LogP contribution in [0.15, 0.2) is 24.3 Å². The van der Waals surface area contributed by atoms with E-state index in [0.29, 0.717) is 0 Å². The molecule has 1 aromatic carbocycles. The first-order valence-corrected chi connectivity index (χ1v) is 4.15. The molecule has 66 valence electrons. The molecular formula is C10H15NO. The standard InChI is InChI=1S/C10H15NO/c1-8-4-2-3-5-9(8)6-10(11)7-12/h2-5,10,12H,6-7,11H2,1H3. The lowest BCUT2D eigenvalue weighted by molar-refractivity contribution is 0.265. The number of hydrogen-bond acceptors (Lipinski definition) is 2. The van der Waals surface area contributed by atoms with Crippen molar-refractivity contribution in [2.45, 2.75) is 19.4 Å². The molecule has 0 fully saturated rings. The average Bonchev–Trinajstić information content (AvgIpc) is 2.09. The van der Waals surface area contributed by atoms with E-state index >= 15 is 0 Å². The zero-order valence-corrected chi connectivity index (χ0v) is 7.33. The van der Waals surface area contributed by atoms with Gasteiger partial charge >= 0.3 is 0 Å². The average molecular weight is 165 g/mol. The maximum Gasteiger partial charge on any atom is 0.0585 e. The molecule has 0 heterocycles. The van der Waals surface area contributed by atoms with Gasteiger partial charge in [0.25, 0.3) is 0 Å². The van der Waals surface area contributed by atoms with Crippen molar-refractivity contribution in [3.63, 3.8) is 0 Å². The minimum atomic E-state index is -0.133. The first kappa shape index (κ1) is 9.23. The van der Waals surface area contributed by atoms with Gasteiger partial charge in [0.1, 0.15) is 0 Å². The SMILES string of the molecule is Cc1ccccc1CC(N)CO. The summed E-state index contributed by atoms with van der Waals surface area (Å²) in [6.07, 6.45) is 0.753. The topological polar surface area (TPSA) is 46.2 Å². The number of hydrogen-bond donors (Lipinski definition) is 2. The van der Waals surface area contributed by atoms with Crippen molar-refractivity contribution in [3.8, 4) is 0 Å². The number of nitrogens with two attached hydrogens (primary N) is 1. The minimum Gasteiger partial charge on any atom is -0.395 e. The molecule has 0 aliphatic carbocycles. The van der Waals surface area contributed by atoms with E-state index in [1.807, 2.05) is 18.2 Å². The van der Waals surface area contributed by atoms with Crippen molar-refractivity contribution in [3.05, 3.63) is 35.4 Å². The molecule has 0 aromatic heterocycles. The maximum atomic E-state index is 8.76. The summed E-state index contributed by atoms with van der Waals surface area (Å²) < 4.78 is 0. The van der Waals surface area contributed by atoms with Crippen LogP contribution in [-0.2, 0) is 6.42 Å². The molecule has 0 saturated heterocycles. The third-order valence-corrected chi connectivity index (χ3v) is 1.98. The first-order valence-electron chi connectivity index (χ1n) is 4.15. The van der Waals surface area contributed by atoms with Crippen molar-refractivity contribution in [2.75, 3.05) is 6.61 Å². The molecule has 0 aliphatic heterocycles. The predicted octanol–water partition coefficient (Wildman–Crippen LogP) is 0.857. The molecule has 1 aromatic rings. The van der Waals surface area contributed by atoms with Crippen LogP contribution < -0.4 is 5.73 Å². The fraction of sp³-hybridized carbons (Fsp3) is 0.400. The van der Waals surface area contributed by atoms with Crippen LogP contribution in [0.2, 0.25) is 0 Å². The molecule has 2 heteroatoms. The minimum absolute atomic E-state index is 0.0499. The summed E-state index contributed by atoms with van der Waals surface area (Å²) in [6, 6.07) is 7.96. The molecule has 1 unspecified atom stereocenters. The smallest absolute Gasteiger partial charge is 0.0585 e. The summed E-state index contributed by atoms with van der Waals surface area (Å²) >= 11 is 0. The van der Waals surface area contributed by atoms with E-state index in [4.69, 9.17) is 10.8 Å². The molecule has 0 saturated carbocycles. The molecule has 3 N–H and O–H groups in total. The number of rotatable bonds is 3. The Hall–Kier alpha value is -0.860. The fourth-order valence-electron chi connectivity index (χ4n) is 1.19. The van der Waals surface area contributed by atoms with Crippen LogP contribution in [0.5, 0.6) is 0 Å². The largest absolute Gasteiger partial charge is 0.395 e. The Kier molecular flexibility index (Phi) is 3.26. The van der Waals surface area contributed by atoms with Crippen molar-refractivity contribution in [1.29, 1.82) is 0 Å². The van der Waals surface area contributed by atoms with Gasteiger partial charge in [-0.15, -0.1) is 0 Å². The van der Waals surface area contributed by atoms with Gasteiger partial charge in [0.05, 0.1) is 6.61 Å².